The standard InChI is InChI=1S/C13H16BrN3/c1-9-5-13(17-8-12(14)7-16-17)4-3-11(9)6-10(2)15/h3-5,7-8,10H,6,15H2,1-2H3. The fourth-order valence-corrected chi connectivity index (χ4v) is 2.13. The van der Waals surface area contributed by atoms with Crippen LogP contribution in [0.3, 0.4) is 0 Å². The molecular weight excluding hydrogens is 278 g/mol. The van der Waals surface area contributed by atoms with Gasteiger partial charge in [-0.1, -0.05) is 6.07 Å². The second-order valence-electron chi connectivity index (χ2n) is 4.40. The van der Waals surface area contributed by atoms with Crippen LogP contribution in [0, 0.1) is 6.92 Å². The molecule has 1 aromatic carbocycles. The molecule has 0 aliphatic rings. The Morgan fingerprint density at radius 1 is 1.47 bits per heavy atom. The Kier molecular flexibility index (Phi) is 3.64. The molecular formula is C13H16BrN3. The molecule has 4 heteroatoms. The van der Waals surface area contributed by atoms with Crippen LogP contribution in [0.25, 0.3) is 5.69 Å². The molecule has 90 valence electrons. The lowest BCUT2D eigenvalue weighted by Gasteiger charge is -2.10. The van der Waals surface area contributed by atoms with Crippen molar-refractivity contribution in [2.24, 2.45) is 5.73 Å². The van der Waals surface area contributed by atoms with Crippen LogP contribution < -0.4 is 5.73 Å². The number of hydrogen-bond acceptors (Lipinski definition) is 2. The zero-order valence-corrected chi connectivity index (χ0v) is 11.6. The minimum Gasteiger partial charge on any atom is -0.328 e. The molecule has 0 spiro atoms. The van der Waals surface area contributed by atoms with E-state index in [4.69, 9.17) is 5.73 Å². The summed E-state index contributed by atoms with van der Waals surface area (Å²) in [5.41, 5.74) is 9.45. The molecule has 0 saturated heterocycles. The van der Waals surface area contributed by atoms with E-state index in [0.717, 1.165) is 16.6 Å². The fraction of sp³-hybridized carbons (Fsp3) is 0.308. The molecule has 0 fully saturated rings. The highest BCUT2D eigenvalue weighted by atomic mass is 79.9. The fourth-order valence-electron chi connectivity index (χ4n) is 1.84. The first-order valence-electron chi connectivity index (χ1n) is 5.62. The van der Waals surface area contributed by atoms with E-state index in [9.17, 15) is 0 Å². The number of halogens is 1. The Hall–Kier alpha value is -1.13. The summed E-state index contributed by atoms with van der Waals surface area (Å²) >= 11 is 3.40. The SMILES string of the molecule is Cc1cc(-n2cc(Br)cn2)ccc1CC(C)N. The minimum atomic E-state index is 0.193. The monoisotopic (exact) mass is 293 g/mol. The van der Waals surface area contributed by atoms with Crippen molar-refractivity contribution < 1.29 is 0 Å². The van der Waals surface area contributed by atoms with Crippen LogP contribution in [-0.4, -0.2) is 15.8 Å². The number of hydrogen-bond donors (Lipinski definition) is 1. The highest BCUT2D eigenvalue weighted by Gasteiger charge is 2.05. The predicted molar refractivity (Wildman–Crippen MR) is 73.4 cm³/mol. The van der Waals surface area contributed by atoms with Crippen LogP contribution in [-0.2, 0) is 6.42 Å². The predicted octanol–water partition coefficient (Wildman–Crippen LogP) is 2.83. The van der Waals surface area contributed by atoms with Gasteiger partial charge >= 0.3 is 0 Å². The lowest BCUT2D eigenvalue weighted by atomic mass is 10.0. The van der Waals surface area contributed by atoms with Crippen LogP contribution in [0.5, 0.6) is 0 Å². The third-order valence-corrected chi connectivity index (χ3v) is 3.09. The number of aromatic nitrogens is 2. The van der Waals surface area contributed by atoms with E-state index < -0.39 is 0 Å². The molecule has 0 bridgehead atoms. The zero-order chi connectivity index (χ0) is 12.4. The Morgan fingerprint density at radius 3 is 2.76 bits per heavy atom. The molecule has 0 amide bonds. The van der Waals surface area contributed by atoms with E-state index in [0.29, 0.717) is 0 Å². The molecule has 17 heavy (non-hydrogen) atoms. The first kappa shape index (κ1) is 12.3. The molecule has 2 aromatic rings. The third kappa shape index (κ3) is 2.96. The number of nitrogens with two attached hydrogens (primary N) is 1. The topological polar surface area (TPSA) is 43.8 Å². The van der Waals surface area contributed by atoms with Crippen molar-refractivity contribution in [2.45, 2.75) is 26.3 Å². The molecule has 1 aromatic heterocycles. The van der Waals surface area contributed by atoms with Gasteiger partial charge in [0.1, 0.15) is 0 Å². The van der Waals surface area contributed by atoms with E-state index in [1.54, 1.807) is 6.20 Å². The van der Waals surface area contributed by atoms with E-state index >= 15 is 0 Å². The van der Waals surface area contributed by atoms with Crippen molar-refractivity contribution in [2.75, 3.05) is 0 Å². The van der Waals surface area contributed by atoms with E-state index in [1.165, 1.54) is 11.1 Å². The second kappa shape index (κ2) is 5.02. The molecule has 1 heterocycles. The maximum absolute atomic E-state index is 5.82. The second-order valence-corrected chi connectivity index (χ2v) is 5.31. The third-order valence-electron chi connectivity index (χ3n) is 2.68. The summed E-state index contributed by atoms with van der Waals surface area (Å²) in [7, 11) is 0. The van der Waals surface area contributed by atoms with Gasteiger partial charge in [-0.05, 0) is 59.5 Å². The molecule has 2 rings (SSSR count). The van der Waals surface area contributed by atoms with Crippen molar-refractivity contribution in [3.8, 4) is 5.69 Å². The summed E-state index contributed by atoms with van der Waals surface area (Å²) in [5.74, 6) is 0. The lowest BCUT2D eigenvalue weighted by Crippen LogP contribution is -2.18. The first-order chi connectivity index (χ1) is 8.06. The van der Waals surface area contributed by atoms with Gasteiger partial charge in [0.15, 0.2) is 0 Å². The molecule has 1 unspecified atom stereocenters. The summed E-state index contributed by atoms with van der Waals surface area (Å²) in [6.07, 6.45) is 4.64. The van der Waals surface area contributed by atoms with Crippen LogP contribution in [0.2, 0.25) is 0 Å². The lowest BCUT2D eigenvalue weighted by molar-refractivity contribution is 0.734. The van der Waals surface area contributed by atoms with E-state index in [1.807, 2.05) is 17.8 Å². The highest BCUT2D eigenvalue weighted by molar-refractivity contribution is 9.10. The van der Waals surface area contributed by atoms with Crippen LogP contribution in [0.1, 0.15) is 18.1 Å². The van der Waals surface area contributed by atoms with Crippen molar-refractivity contribution in [3.05, 3.63) is 46.2 Å². The summed E-state index contributed by atoms with van der Waals surface area (Å²) in [5, 5.41) is 4.26. The zero-order valence-electron chi connectivity index (χ0n) is 10.0. The molecule has 3 nitrogen and oxygen atoms in total. The molecule has 0 aliphatic carbocycles. The van der Waals surface area contributed by atoms with Gasteiger partial charge < -0.3 is 5.73 Å². The van der Waals surface area contributed by atoms with Crippen molar-refractivity contribution in [1.29, 1.82) is 0 Å². The molecule has 2 N–H and O–H groups in total. The van der Waals surface area contributed by atoms with Crippen LogP contribution >= 0.6 is 15.9 Å². The van der Waals surface area contributed by atoms with Gasteiger partial charge in [-0.3, -0.25) is 0 Å². The summed E-state index contributed by atoms with van der Waals surface area (Å²) in [6.45, 7) is 4.14. The van der Waals surface area contributed by atoms with Crippen LogP contribution in [0.15, 0.2) is 35.1 Å². The van der Waals surface area contributed by atoms with E-state index in [-0.39, 0.29) is 6.04 Å². The average molecular weight is 294 g/mol. The Balaban J connectivity index is 2.30. The molecule has 0 aliphatic heterocycles. The first-order valence-corrected chi connectivity index (χ1v) is 6.41. The van der Waals surface area contributed by atoms with Gasteiger partial charge in [0.25, 0.3) is 0 Å². The maximum Gasteiger partial charge on any atom is 0.0648 e. The molecule has 1 atom stereocenters. The van der Waals surface area contributed by atoms with Gasteiger partial charge in [-0.2, -0.15) is 5.10 Å². The molecule has 0 saturated carbocycles. The Bertz CT molecular complexity index is 517. The Morgan fingerprint density at radius 2 is 2.24 bits per heavy atom. The van der Waals surface area contributed by atoms with Gasteiger partial charge in [0.05, 0.1) is 16.4 Å². The van der Waals surface area contributed by atoms with Crippen molar-refractivity contribution >= 4 is 15.9 Å². The van der Waals surface area contributed by atoms with Crippen molar-refractivity contribution in [3.63, 3.8) is 0 Å². The number of rotatable bonds is 3. The highest BCUT2D eigenvalue weighted by Crippen LogP contribution is 2.17. The van der Waals surface area contributed by atoms with E-state index in [2.05, 4.69) is 46.2 Å². The quantitative estimate of drug-likeness (QED) is 0.946. The van der Waals surface area contributed by atoms with Crippen molar-refractivity contribution in [1.82, 2.24) is 9.78 Å². The van der Waals surface area contributed by atoms with Gasteiger partial charge in [0, 0.05) is 12.2 Å². The summed E-state index contributed by atoms with van der Waals surface area (Å²) < 4.78 is 2.84. The number of aryl methyl sites for hydroxylation is 1. The summed E-state index contributed by atoms with van der Waals surface area (Å²) in [6, 6.07) is 6.53. The van der Waals surface area contributed by atoms with Gasteiger partial charge in [0.2, 0.25) is 0 Å². The summed E-state index contributed by atoms with van der Waals surface area (Å²) in [4.78, 5) is 0. The van der Waals surface area contributed by atoms with Gasteiger partial charge in [-0.15, -0.1) is 0 Å². The van der Waals surface area contributed by atoms with Crippen LogP contribution in [0.4, 0.5) is 0 Å². The minimum absolute atomic E-state index is 0.193. The smallest absolute Gasteiger partial charge is 0.0648 e. The molecule has 0 radical (unpaired) electrons. The average Bonchev–Trinajstić information content (AvgIpc) is 2.67. The Labute approximate surface area is 110 Å². The normalized spacial score (nSPS) is 12.7. The number of benzene rings is 1. The maximum atomic E-state index is 5.82. The number of nitrogens with zero attached hydrogens (tertiary/aromatic N) is 2. The van der Waals surface area contributed by atoms with Gasteiger partial charge in [-0.25, -0.2) is 4.68 Å². The largest absolute Gasteiger partial charge is 0.328 e.